The predicted octanol–water partition coefficient (Wildman–Crippen LogP) is 6.49. The maximum absolute atomic E-state index is 12.1. The van der Waals surface area contributed by atoms with Crippen LogP contribution in [0.5, 0.6) is 0 Å². The van der Waals surface area contributed by atoms with Crippen LogP contribution in [0.3, 0.4) is 0 Å². The maximum atomic E-state index is 12.1. The van der Waals surface area contributed by atoms with E-state index in [4.69, 9.17) is 0 Å². The van der Waals surface area contributed by atoms with Crippen molar-refractivity contribution in [1.29, 1.82) is 0 Å². The molecule has 0 saturated carbocycles. The van der Waals surface area contributed by atoms with E-state index in [1.807, 2.05) is 43.3 Å². The van der Waals surface area contributed by atoms with Crippen LogP contribution in [-0.4, -0.2) is 34.5 Å². The molecule has 31 heavy (non-hydrogen) atoms. The molecule has 0 spiro atoms. The van der Waals surface area contributed by atoms with Gasteiger partial charge in [0, 0.05) is 19.8 Å². The quantitative estimate of drug-likeness (QED) is 0.149. The fraction of sp³-hybridized carbons (Fsp3) is 0.720. The lowest BCUT2D eigenvalue weighted by molar-refractivity contribution is 0.536. The van der Waals surface area contributed by atoms with Crippen molar-refractivity contribution in [1.82, 2.24) is 4.83 Å². The summed E-state index contributed by atoms with van der Waals surface area (Å²) in [5.74, 6) is 0.141. The Morgan fingerprint density at radius 1 is 0.774 bits per heavy atom. The summed E-state index contributed by atoms with van der Waals surface area (Å²) in [5.41, 5.74) is 1.96. The van der Waals surface area contributed by atoms with Gasteiger partial charge >= 0.3 is 0 Å². The third-order valence-electron chi connectivity index (χ3n) is 5.58. The minimum atomic E-state index is -3.35. The van der Waals surface area contributed by atoms with Crippen molar-refractivity contribution >= 4 is 21.9 Å². The first-order chi connectivity index (χ1) is 14.9. The van der Waals surface area contributed by atoms with E-state index in [0.717, 1.165) is 24.1 Å². The molecule has 0 heterocycles. The molecular weight excluding hydrogens is 406 g/mol. The molecule has 1 N–H and O–H groups in total. The summed E-state index contributed by atoms with van der Waals surface area (Å²) in [4.78, 5) is 4.34. The number of hydrogen-bond acceptors (Lipinski definition) is 4. The van der Waals surface area contributed by atoms with Crippen LogP contribution in [0, 0.1) is 0 Å². The van der Waals surface area contributed by atoms with Crippen LogP contribution >= 0.6 is 0 Å². The Labute approximate surface area is 191 Å². The highest BCUT2D eigenvalue weighted by atomic mass is 32.2. The largest absolute Gasteiger partial charge is 0.378 e. The molecule has 0 atom stereocenters. The van der Waals surface area contributed by atoms with Gasteiger partial charge in [-0.25, -0.2) is 13.2 Å². The van der Waals surface area contributed by atoms with Crippen molar-refractivity contribution in [3.05, 3.63) is 29.8 Å². The topological polar surface area (TPSA) is 61.8 Å². The summed E-state index contributed by atoms with van der Waals surface area (Å²) in [6.45, 7) is 2.26. The van der Waals surface area contributed by atoms with Gasteiger partial charge in [0.25, 0.3) is 0 Å². The van der Waals surface area contributed by atoms with Gasteiger partial charge in [0.2, 0.25) is 10.0 Å². The van der Waals surface area contributed by atoms with E-state index in [1.165, 1.54) is 70.6 Å². The van der Waals surface area contributed by atoms with Gasteiger partial charge in [-0.2, -0.15) is 5.10 Å². The first kappa shape index (κ1) is 27.5. The molecule has 0 bridgehead atoms. The number of nitrogens with one attached hydrogen (secondary N) is 1. The highest BCUT2D eigenvalue weighted by molar-refractivity contribution is 7.89. The van der Waals surface area contributed by atoms with Crippen LogP contribution in [-0.2, 0) is 10.0 Å². The summed E-state index contributed by atoms with van der Waals surface area (Å²) < 4.78 is 24.1. The van der Waals surface area contributed by atoms with Gasteiger partial charge in [0.15, 0.2) is 0 Å². The highest BCUT2D eigenvalue weighted by Gasteiger charge is 2.07. The van der Waals surface area contributed by atoms with Crippen LogP contribution in [0.15, 0.2) is 29.4 Å². The summed E-state index contributed by atoms with van der Waals surface area (Å²) in [6, 6.07) is 7.79. The standard InChI is InChI=1S/C25H45N3O2S/c1-4-5-6-7-8-9-10-11-12-13-14-15-16-17-22-31(29,30)27-26-23-24-18-20-25(21-19-24)28(2)3/h18-21,23,27H,4-17,22H2,1-3H3/b26-23+. The van der Waals surface area contributed by atoms with Crippen molar-refractivity contribution < 1.29 is 8.42 Å². The van der Waals surface area contributed by atoms with Gasteiger partial charge in [-0.1, -0.05) is 103 Å². The highest BCUT2D eigenvalue weighted by Crippen LogP contribution is 2.13. The number of benzene rings is 1. The lowest BCUT2D eigenvalue weighted by Crippen LogP contribution is -2.21. The van der Waals surface area contributed by atoms with Crippen LogP contribution in [0.25, 0.3) is 0 Å². The Kier molecular flexibility index (Phi) is 15.1. The SMILES string of the molecule is CCCCCCCCCCCCCCCCS(=O)(=O)N/N=C/c1ccc(N(C)C)cc1. The Morgan fingerprint density at radius 3 is 1.68 bits per heavy atom. The zero-order valence-corrected chi connectivity index (χ0v) is 20.9. The molecule has 1 aromatic carbocycles. The fourth-order valence-corrected chi connectivity index (χ4v) is 4.46. The molecule has 0 fully saturated rings. The average molecular weight is 452 g/mol. The van der Waals surface area contributed by atoms with Crippen LogP contribution in [0.1, 0.15) is 102 Å². The predicted molar refractivity (Wildman–Crippen MR) is 136 cm³/mol. The molecule has 0 unspecified atom stereocenters. The molecule has 1 aromatic rings. The zero-order chi connectivity index (χ0) is 22.8. The minimum Gasteiger partial charge on any atom is -0.378 e. The molecule has 0 aliphatic heterocycles. The number of nitrogens with zero attached hydrogens (tertiary/aromatic N) is 2. The molecule has 0 aliphatic rings. The minimum absolute atomic E-state index is 0.141. The lowest BCUT2D eigenvalue weighted by Gasteiger charge is -2.11. The van der Waals surface area contributed by atoms with Gasteiger partial charge in [-0.05, 0) is 24.1 Å². The Morgan fingerprint density at radius 2 is 1.23 bits per heavy atom. The normalized spacial score (nSPS) is 11.8. The van der Waals surface area contributed by atoms with E-state index >= 15 is 0 Å². The average Bonchev–Trinajstić information content (AvgIpc) is 2.74. The van der Waals surface area contributed by atoms with Crippen LogP contribution < -0.4 is 9.73 Å². The summed E-state index contributed by atoms with van der Waals surface area (Å²) in [5, 5.41) is 3.90. The molecule has 0 radical (unpaired) electrons. The van der Waals surface area contributed by atoms with Crippen LogP contribution in [0.4, 0.5) is 5.69 Å². The monoisotopic (exact) mass is 451 g/mol. The molecule has 178 valence electrons. The second-order valence-electron chi connectivity index (χ2n) is 8.75. The molecule has 0 aliphatic carbocycles. The molecule has 1 rings (SSSR count). The number of anilines is 1. The molecule has 0 aromatic heterocycles. The smallest absolute Gasteiger partial charge is 0.247 e. The van der Waals surface area contributed by atoms with Gasteiger partial charge < -0.3 is 4.90 Å². The van der Waals surface area contributed by atoms with Crippen LogP contribution in [0.2, 0.25) is 0 Å². The summed E-state index contributed by atoms with van der Waals surface area (Å²) >= 11 is 0. The number of unbranched alkanes of at least 4 members (excludes halogenated alkanes) is 13. The van der Waals surface area contributed by atoms with Crippen molar-refractivity contribution in [3.8, 4) is 0 Å². The van der Waals surface area contributed by atoms with E-state index in [-0.39, 0.29) is 5.75 Å². The number of rotatable bonds is 19. The molecule has 0 amide bonds. The van der Waals surface area contributed by atoms with E-state index in [9.17, 15) is 8.42 Å². The maximum Gasteiger partial charge on any atom is 0.247 e. The number of sulfonamides is 1. The molecular formula is C25H45N3O2S. The van der Waals surface area contributed by atoms with Gasteiger partial charge in [0.05, 0.1) is 12.0 Å². The second-order valence-corrected chi connectivity index (χ2v) is 10.6. The van der Waals surface area contributed by atoms with Gasteiger partial charge in [-0.15, -0.1) is 0 Å². The van der Waals surface area contributed by atoms with E-state index < -0.39 is 10.0 Å². The third kappa shape index (κ3) is 15.0. The van der Waals surface area contributed by atoms with E-state index in [0.29, 0.717) is 6.42 Å². The first-order valence-electron chi connectivity index (χ1n) is 12.2. The number of hydrogen-bond donors (Lipinski definition) is 1. The Bertz CT molecular complexity index is 685. The number of hydrazone groups is 1. The Hall–Kier alpha value is -1.56. The molecule has 5 nitrogen and oxygen atoms in total. The Balaban J connectivity index is 2.01. The van der Waals surface area contributed by atoms with Crippen molar-refractivity contribution in [2.45, 2.75) is 96.8 Å². The van der Waals surface area contributed by atoms with Gasteiger partial charge in [-0.3, -0.25) is 0 Å². The third-order valence-corrected chi connectivity index (χ3v) is 6.79. The first-order valence-corrected chi connectivity index (χ1v) is 13.9. The lowest BCUT2D eigenvalue weighted by atomic mass is 10.0. The van der Waals surface area contributed by atoms with E-state index in [2.05, 4.69) is 16.9 Å². The van der Waals surface area contributed by atoms with Crippen molar-refractivity contribution in [2.24, 2.45) is 5.10 Å². The molecule has 6 heteroatoms. The molecule has 0 saturated heterocycles. The van der Waals surface area contributed by atoms with Crippen molar-refractivity contribution in [2.75, 3.05) is 24.7 Å². The zero-order valence-electron chi connectivity index (χ0n) is 20.1. The van der Waals surface area contributed by atoms with Crippen molar-refractivity contribution in [3.63, 3.8) is 0 Å². The summed E-state index contributed by atoms with van der Waals surface area (Å²) in [7, 11) is 0.616. The van der Waals surface area contributed by atoms with Gasteiger partial charge in [0.1, 0.15) is 0 Å². The van der Waals surface area contributed by atoms with E-state index in [1.54, 1.807) is 6.21 Å². The second kappa shape index (κ2) is 17.0. The fourth-order valence-electron chi connectivity index (χ4n) is 3.57. The summed E-state index contributed by atoms with van der Waals surface area (Å²) in [6.07, 6.45) is 19.1.